The van der Waals surface area contributed by atoms with E-state index in [2.05, 4.69) is 101 Å². The molecule has 16 N–H and O–H groups in total. The minimum atomic E-state index is -5.17. The molecule has 0 aromatic carbocycles. The number of ether oxygens (including phenoxy) is 4. The lowest BCUT2D eigenvalue weighted by atomic mass is 10.0. The topological polar surface area (TPSA) is 600 Å². The van der Waals surface area contributed by atoms with Crippen molar-refractivity contribution in [2.24, 2.45) is 11.8 Å². The molecule has 8 aromatic heterocycles. The van der Waals surface area contributed by atoms with E-state index in [4.69, 9.17) is 78.1 Å². The smallest absolute Gasteiger partial charge is 0.387 e. The highest BCUT2D eigenvalue weighted by molar-refractivity contribution is 7.48. The summed E-state index contributed by atoms with van der Waals surface area (Å²) in [6.07, 6.45) is -14.0. The Balaban J connectivity index is 0.000000192. The summed E-state index contributed by atoms with van der Waals surface area (Å²) in [4.78, 5) is 108. The maximum atomic E-state index is 14.9. The third kappa shape index (κ3) is 17.5. The van der Waals surface area contributed by atoms with Crippen LogP contribution in [0.3, 0.4) is 0 Å². The fourth-order valence-electron chi connectivity index (χ4n) is 12.8. The number of rotatable bonds is 10. The minimum Gasteiger partial charge on any atom is -0.387 e. The predicted molar refractivity (Wildman–Crippen MR) is 371 cm³/mol. The molecule has 4 unspecified atom stereocenters. The first-order chi connectivity index (χ1) is 50.1. The number of H-pyrrole nitrogens is 2. The first-order valence-electron chi connectivity index (χ1n) is 33.2. The van der Waals surface area contributed by atoms with Crippen LogP contribution >= 0.6 is 31.3 Å². The van der Waals surface area contributed by atoms with Gasteiger partial charge in [0.1, 0.15) is 85.5 Å². The molecule has 0 amide bonds. The Morgan fingerprint density at radius 2 is 0.841 bits per heavy atom. The van der Waals surface area contributed by atoms with E-state index in [9.17, 15) is 66.4 Å². The van der Waals surface area contributed by atoms with Crippen LogP contribution in [-0.2, 0) is 73.4 Å². The van der Waals surface area contributed by atoms with Crippen molar-refractivity contribution in [1.82, 2.24) is 77.9 Å². The molecule has 6 fully saturated rings. The number of nitrogen functional groups attached to an aromatic ring is 4. The molecular weight excluding hydrogens is 1510 g/mol. The molecule has 0 aliphatic carbocycles. The second-order valence-corrected chi connectivity index (χ2v) is 30.4. The van der Waals surface area contributed by atoms with Gasteiger partial charge in [-0.3, -0.25) is 64.9 Å². The molecule has 4 bridgehead atoms. The van der Waals surface area contributed by atoms with Crippen molar-refractivity contribution in [3.63, 3.8) is 0 Å². The van der Waals surface area contributed by atoms with Crippen LogP contribution in [0.25, 0.3) is 44.4 Å². The summed E-state index contributed by atoms with van der Waals surface area (Å²) in [7, 11) is -20.1. The molecule has 592 valence electrons. The highest BCUT2D eigenvalue weighted by Crippen LogP contribution is 2.57. The molecule has 20 atom stereocenters. The van der Waals surface area contributed by atoms with E-state index in [-0.39, 0.29) is 75.4 Å². The van der Waals surface area contributed by atoms with Crippen molar-refractivity contribution in [3.8, 4) is 0 Å². The van der Waals surface area contributed by atoms with Gasteiger partial charge in [-0.1, -0.05) is 62.8 Å². The van der Waals surface area contributed by atoms with Gasteiger partial charge in [-0.15, -0.1) is 0 Å². The standard InChI is InChI=1S/C23H28FN9O11P2.C21H24FN9O13P2.2C6H15N.CH4/c1-8-11-4-39-45(35,36)43-15-9(2)21(32-3-10(24)13-17(25)27-6-28-18(13)32)42-12(15)5-40-46(37,38)44-16(8)22(41-11)33-7-29-14-19(33)30-23(26)31-20(14)34;22-6-1-30(16-9(6)15(23)25-4-26-16)19-12(33)13-8(42-19)3-40-46(37,38)44-14-11(32)7(2-39-45(35,36)43-13)41-20(14)31-5-27-10-17(31)28-21(24)29-18(10)34;2*1-4-7(5-2)6-3;/h3,6-9,11-12,15-16,21-22H,4-5H2,1-2H3,(H,35,36)(H,37,38)(H2,25,27,28)(H3,26,30,31,34);1,4-5,7-8,11-14,19-20,32-33H,2-3H2,(H,35,36)(H,37,38)(H2,23,25,26)(H3,24,28,29,34);2*4-6H2,1-3H3;1H4/t8-,9-,11-,12-,15+,16-,21-,22-;7-,8-,11-,12-,13-,14-,19-,20-;;;/m11.../s1. The number of fused-ring (bicyclic) bond motifs is 10. The Morgan fingerprint density at radius 3 is 1.29 bits per heavy atom. The van der Waals surface area contributed by atoms with Crippen molar-refractivity contribution in [2.45, 2.75) is 149 Å². The molecule has 14 rings (SSSR count). The normalized spacial score (nSPS) is 33.3. The monoisotopic (exact) mass is 1600 g/mol. The molecule has 8 aromatic rings. The van der Waals surface area contributed by atoms with Crippen molar-refractivity contribution in [3.05, 3.63) is 70.0 Å². The highest BCUT2D eigenvalue weighted by atomic mass is 31.2. The summed E-state index contributed by atoms with van der Waals surface area (Å²) in [5.41, 5.74) is 21.1. The van der Waals surface area contributed by atoms with Gasteiger partial charge >= 0.3 is 31.3 Å². The van der Waals surface area contributed by atoms with Crippen molar-refractivity contribution >= 4 is 99.2 Å². The summed E-state index contributed by atoms with van der Waals surface area (Å²) >= 11 is 0. The third-order valence-corrected chi connectivity index (χ3v) is 22.4. The number of phosphoric acid groups is 4. The largest absolute Gasteiger partial charge is 0.472 e. The maximum absolute atomic E-state index is 14.9. The van der Waals surface area contributed by atoms with Crippen LogP contribution < -0.4 is 34.1 Å². The molecule has 107 heavy (non-hydrogen) atoms. The van der Waals surface area contributed by atoms with E-state index >= 15 is 0 Å². The Bertz CT molecular complexity index is 4480. The number of nitrogens with two attached hydrogens (primary N) is 4. The van der Waals surface area contributed by atoms with Crippen LogP contribution in [0.4, 0.5) is 32.3 Å². The van der Waals surface area contributed by atoms with E-state index < -0.39 is 178 Å². The van der Waals surface area contributed by atoms with Gasteiger partial charge < -0.3 is 90.6 Å². The van der Waals surface area contributed by atoms with Gasteiger partial charge in [0.2, 0.25) is 11.9 Å². The summed E-state index contributed by atoms with van der Waals surface area (Å²) < 4.78 is 153. The fraction of sp³-hybridized carbons (Fsp3) is 0.614. The number of aliphatic hydroxyl groups excluding tert-OH is 2. The fourth-order valence-corrected chi connectivity index (χ4v) is 16.8. The minimum absolute atomic E-state index is 0. The van der Waals surface area contributed by atoms with E-state index in [0.717, 1.165) is 40.5 Å². The summed E-state index contributed by atoms with van der Waals surface area (Å²) in [6, 6.07) is 0. The Labute approximate surface area is 606 Å². The Morgan fingerprint density at radius 1 is 0.477 bits per heavy atom. The van der Waals surface area contributed by atoms with Crippen LogP contribution in [0, 0.1) is 23.5 Å². The molecule has 0 saturated carbocycles. The van der Waals surface area contributed by atoms with Crippen LogP contribution in [0.2, 0.25) is 0 Å². The van der Waals surface area contributed by atoms with Gasteiger partial charge in [-0.2, -0.15) is 9.97 Å². The van der Waals surface area contributed by atoms with Crippen molar-refractivity contribution in [1.29, 1.82) is 0 Å². The number of aromatic nitrogens is 14. The quantitative estimate of drug-likeness (QED) is 0.0876. The highest BCUT2D eigenvalue weighted by Gasteiger charge is 2.56. The molecule has 6 aliphatic rings. The van der Waals surface area contributed by atoms with Crippen LogP contribution in [-0.4, -0.2) is 234 Å². The number of anilines is 4. The molecule has 14 heterocycles. The van der Waals surface area contributed by atoms with E-state index in [1.807, 2.05) is 0 Å². The van der Waals surface area contributed by atoms with Gasteiger partial charge in [0, 0.05) is 24.2 Å². The van der Waals surface area contributed by atoms with Gasteiger partial charge in [0.25, 0.3) is 11.1 Å². The molecule has 0 radical (unpaired) electrons. The number of hydrogen-bond donors (Lipinski definition) is 12. The number of imidazole rings is 2. The van der Waals surface area contributed by atoms with Crippen LogP contribution in [0.5, 0.6) is 0 Å². The SMILES string of the molecule is C.CCN(CC)CC.CCN(CC)CC.C[C@@H]1[C@@H]2OP(=O)(O)OC[C@H]3O[C@@H](n4cnc5c(=O)[nH]c(N)nc54)[C@H](OP(=O)(O)OC[C@H]2O[C@H]1n1cc(F)c2c(N)ncnc21)[C@@H]3C.Nc1nc2c(ncn2[C@@H]2O[C@@H]3COP(=O)(O)O[C@H]4[C@@H](O)[C@H](n5cc(F)c6c(N)ncnc65)O[C@@H]4COP(=O)(O)O[C@@H]2[C@@H]3O)c(=O)[nH]1. The van der Waals surface area contributed by atoms with Crippen molar-refractivity contribution in [2.75, 3.05) is 88.6 Å². The maximum Gasteiger partial charge on any atom is 0.472 e. The summed E-state index contributed by atoms with van der Waals surface area (Å²) in [5, 5.41) is 21.9. The predicted octanol–water partition coefficient (Wildman–Crippen LogP) is 2.69. The third-order valence-electron chi connectivity index (χ3n) is 18.5. The van der Waals surface area contributed by atoms with Gasteiger partial charge in [-0.05, 0) is 39.3 Å². The van der Waals surface area contributed by atoms with Gasteiger partial charge in [-0.25, -0.2) is 56.9 Å². The average molecular weight is 1600 g/mol. The summed E-state index contributed by atoms with van der Waals surface area (Å²) in [5.74, 6) is -3.99. The number of phosphoric ester groups is 4. The number of halogens is 2. The molecule has 0 spiro atoms. The number of aliphatic hydroxyl groups is 2. The Hall–Kier alpha value is -6.88. The lowest BCUT2D eigenvalue weighted by Gasteiger charge is -2.26. The number of nitrogens with zero attached hydrogens (tertiary/aromatic N) is 14. The van der Waals surface area contributed by atoms with E-state index in [1.54, 1.807) is 13.8 Å². The first kappa shape index (κ1) is 82.6. The van der Waals surface area contributed by atoms with Gasteiger partial charge in [0.05, 0.1) is 56.0 Å². The second kappa shape index (κ2) is 33.4. The van der Waals surface area contributed by atoms with E-state index in [1.165, 1.54) is 54.7 Å². The first-order valence-corrected chi connectivity index (χ1v) is 39.2. The molecule has 6 aliphatic heterocycles. The number of nitrogens with one attached hydrogen (secondary N) is 2. The zero-order chi connectivity index (χ0) is 76.8. The number of aromatic amines is 2. The molecule has 44 nitrogen and oxygen atoms in total. The molecule has 6 saturated heterocycles. The van der Waals surface area contributed by atoms with Crippen LogP contribution in [0.15, 0.2) is 47.3 Å². The second-order valence-electron chi connectivity index (χ2n) is 24.8. The lowest BCUT2D eigenvalue weighted by Crippen LogP contribution is -2.36. The number of hydrogen-bond acceptors (Lipinski definition) is 34. The molecule has 50 heteroatoms. The average Bonchev–Trinajstić information content (AvgIpc) is 1.62. The summed E-state index contributed by atoms with van der Waals surface area (Å²) in [6.45, 7) is 20.5. The zero-order valence-corrected chi connectivity index (χ0v) is 61.5. The molecular formula is C57H86F2N20O24P4. The Kier molecular flexibility index (Phi) is 25.8. The van der Waals surface area contributed by atoms with Gasteiger partial charge in [0.15, 0.2) is 63.9 Å². The van der Waals surface area contributed by atoms with E-state index in [0.29, 0.717) is 0 Å². The lowest BCUT2D eigenvalue weighted by molar-refractivity contribution is -0.0672. The van der Waals surface area contributed by atoms with Crippen molar-refractivity contribution < 1.29 is 112 Å². The van der Waals surface area contributed by atoms with Crippen LogP contribution in [0.1, 0.15) is 87.7 Å². The zero-order valence-electron chi connectivity index (χ0n) is 57.9.